The lowest BCUT2D eigenvalue weighted by atomic mass is 10.1. The molecule has 0 spiro atoms. The summed E-state index contributed by atoms with van der Waals surface area (Å²) in [5.74, 6) is 1.76. The van der Waals surface area contributed by atoms with Gasteiger partial charge in [0.15, 0.2) is 0 Å². The minimum Gasteiger partial charge on any atom is -0.496 e. The Labute approximate surface area is 116 Å². The molecule has 0 aliphatic carbocycles. The van der Waals surface area contributed by atoms with E-state index in [2.05, 4.69) is 15.2 Å². The molecule has 0 fully saturated rings. The van der Waals surface area contributed by atoms with Crippen molar-refractivity contribution in [1.29, 1.82) is 0 Å². The van der Waals surface area contributed by atoms with Gasteiger partial charge in [0.1, 0.15) is 11.4 Å². The van der Waals surface area contributed by atoms with Gasteiger partial charge in [0, 0.05) is 24.2 Å². The maximum absolute atomic E-state index is 5.35. The minimum absolute atomic E-state index is 0.425. The molecule has 0 aliphatic rings. The molecule has 3 aromatic rings. The van der Waals surface area contributed by atoms with Crippen LogP contribution in [0.15, 0.2) is 47.0 Å². The van der Waals surface area contributed by atoms with Gasteiger partial charge in [-0.15, -0.1) is 10.2 Å². The SMILES string of the molecule is COc1ccccc1-c1ccc(-c2nnc(C)o2)nc1. The summed E-state index contributed by atoms with van der Waals surface area (Å²) >= 11 is 0. The van der Waals surface area contributed by atoms with Gasteiger partial charge in [-0.05, 0) is 12.1 Å². The molecule has 0 saturated carbocycles. The number of nitrogens with zero attached hydrogens (tertiary/aromatic N) is 3. The van der Waals surface area contributed by atoms with Crippen LogP contribution >= 0.6 is 0 Å². The van der Waals surface area contributed by atoms with Crippen molar-refractivity contribution in [2.24, 2.45) is 0 Å². The highest BCUT2D eigenvalue weighted by Gasteiger charge is 2.09. The fourth-order valence-corrected chi connectivity index (χ4v) is 1.96. The largest absolute Gasteiger partial charge is 0.496 e. The predicted octanol–water partition coefficient (Wildman–Crippen LogP) is 3.12. The van der Waals surface area contributed by atoms with E-state index in [1.54, 1.807) is 20.2 Å². The van der Waals surface area contributed by atoms with Crippen LogP contribution < -0.4 is 4.74 Å². The molecule has 0 atom stereocenters. The molecule has 0 amide bonds. The Balaban J connectivity index is 1.97. The molecular formula is C15H13N3O2. The maximum Gasteiger partial charge on any atom is 0.266 e. The summed E-state index contributed by atoms with van der Waals surface area (Å²) in [6, 6.07) is 11.6. The molecule has 0 saturated heterocycles. The van der Waals surface area contributed by atoms with Crippen molar-refractivity contribution < 1.29 is 9.15 Å². The molecule has 100 valence electrons. The molecule has 1 aromatic carbocycles. The molecular weight excluding hydrogens is 254 g/mol. The summed E-state index contributed by atoms with van der Waals surface area (Å²) in [5.41, 5.74) is 2.63. The molecule has 5 nitrogen and oxygen atoms in total. The van der Waals surface area contributed by atoms with Crippen LogP contribution in [0.3, 0.4) is 0 Å². The van der Waals surface area contributed by atoms with Gasteiger partial charge in [-0.2, -0.15) is 0 Å². The summed E-state index contributed by atoms with van der Waals surface area (Å²) in [7, 11) is 1.65. The Hall–Kier alpha value is -2.69. The Kier molecular flexibility index (Phi) is 3.16. The van der Waals surface area contributed by atoms with Crippen molar-refractivity contribution in [2.45, 2.75) is 6.92 Å². The predicted molar refractivity (Wildman–Crippen MR) is 74.3 cm³/mol. The number of ether oxygens (including phenoxy) is 1. The van der Waals surface area contributed by atoms with E-state index in [-0.39, 0.29) is 0 Å². The number of benzene rings is 1. The number of para-hydroxylation sites is 1. The first-order valence-corrected chi connectivity index (χ1v) is 6.18. The van der Waals surface area contributed by atoms with E-state index >= 15 is 0 Å². The Bertz CT molecular complexity index is 720. The molecule has 2 aromatic heterocycles. The summed E-state index contributed by atoms with van der Waals surface area (Å²) in [4.78, 5) is 4.36. The standard InChI is InChI=1S/C15H13N3O2/c1-10-17-18-15(20-10)13-8-7-11(9-16-13)12-5-3-4-6-14(12)19-2/h3-9H,1-2H3. The van der Waals surface area contributed by atoms with Gasteiger partial charge in [0.25, 0.3) is 5.89 Å². The first kappa shape index (κ1) is 12.3. The third-order valence-electron chi connectivity index (χ3n) is 2.93. The van der Waals surface area contributed by atoms with Crippen LogP contribution in [0.2, 0.25) is 0 Å². The molecule has 0 unspecified atom stereocenters. The van der Waals surface area contributed by atoms with E-state index < -0.39 is 0 Å². The Morgan fingerprint density at radius 1 is 1.05 bits per heavy atom. The van der Waals surface area contributed by atoms with Crippen LogP contribution in [0.5, 0.6) is 5.75 Å². The second-order valence-corrected chi connectivity index (χ2v) is 4.26. The highest BCUT2D eigenvalue weighted by molar-refractivity contribution is 5.70. The van der Waals surface area contributed by atoms with Crippen LogP contribution in [-0.4, -0.2) is 22.3 Å². The van der Waals surface area contributed by atoms with Gasteiger partial charge < -0.3 is 9.15 Å². The molecule has 0 aliphatic heterocycles. The zero-order valence-electron chi connectivity index (χ0n) is 11.2. The number of aryl methyl sites for hydroxylation is 1. The smallest absolute Gasteiger partial charge is 0.266 e. The van der Waals surface area contributed by atoms with Gasteiger partial charge in [-0.1, -0.05) is 24.3 Å². The molecule has 0 N–H and O–H groups in total. The number of hydrogen-bond donors (Lipinski definition) is 0. The molecule has 0 bridgehead atoms. The normalized spacial score (nSPS) is 10.5. The van der Waals surface area contributed by atoms with Gasteiger partial charge in [-0.25, -0.2) is 0 Å². The van der Waals surface area contributed by atoms with Crippen LogP contribution in [-0.2, 0) is 0 Å². The highest BCUT2D eigenvalue weighted by Crippen LogP contribution is 2.29. The summed E-state index contributed by atoms with van der Waals surface area (Å²) in [5, 5.41) is 7.74. The van der Waals surface area contributed by atoms with Crippen LogP contribution in [0.4, 0.5) is 0 Å². The number of hydrogen-bond acceptors (Lipinski definition) is 5. The van der Waals surface area contributed by atoms with E-state index in [1.807, 2.05) is 36.4 Å². The van der Waals surface area contributed by atoms with Crippen molar-refractivity contribution in [1.82, 2.24) is 15.2 Å². The van der Waals surface area contributed by atoms with Crippen molar-refractivity contribution in [2.75, 3.05) is 7.11 Å². The Morgan fingerprint density at radius 3 is 2.55 bits per heavy atom. The quantitative estimate of drug-likeness (QED) is 0.729. The van der Waals surface area contributed by atoms with Gasteiger partial charge >= 0.3 is 0 Å². The summed E-state index contributed by atoms with van der Waals surface area (Å²) < 4.78 is 10.7. The number of aromatic nitrogens is 3. The van der Waals surface area contributed by atoms with E-state index in [1.165, 1.54) is 0 Å². The molecule has 2 heterocycles. The van der Waals surface area contributed by atoms with Gasteiger partial charge in [-0.3, -0.25) is 4.98 Å². The molecule has 0 radical (unpaired) electrons. The van der Waals surface area contributed by atoms with E-state index in [0.29, 0.717) is 17.5 Å². The summed E-state index contributed by atoms with van der Waals surface area (Å²) in [6.07, 6.45) is 1.77. The first-order valence-electron chi connectivity index (χ1n) is 6.18. The van der Waals surface area contributed by atoms with Crippen molar-refractivity contribution in [3.63, 3.8) is 0 Å². The third kappa shape index (κ3) is 2.25. The highest BCUT2D eigenvalue weighted by atomic mass is 16.5. The van der Waals surface area contributed by atoms with E-state index in [9.17, 15) is 0 Å². The second-order valence-electron chi connectivity index (χ2n) is 4.26. The monoisotopic (exact) mass is 267 g/mol. The van der Waals surface area contributed by atoms with Crippen molar-refractivity contribution in [3.05, 3.63) is 48.5 Å². The number of rotatable bonds is 3. The van der Waals surface area contributed by atoms with Crippen LogP contribution in [0, 0.1) is 6.92 Å². The van der Waals surface area contributed by atoms with Gasteiger partial charge in [0.05, 0.1) is 7.11 Å². The second kappa shape index (κ2) is 5.13. The fourth-order valence-electron chi connectivity index (χ4n) is 1.96. The summed E-state index contributed by atoms with van der Waals surface area (Å²) in [6.45, 7) is 1.75. The van der Waals surface area contributed by atoms with E-state index in [0.717, 1.165) is 16.9 Å². The molecule has 3 rings (SSSR count). The lowest BCUT2D eigenvalue weighted by molar-refractivity contribution is 0.416. The number of methoxy groups -OCH3 is 1. The minimum atomic E-state index is 0.425. The average Bonchev–Trinajstić information content (AvgIpc) is 2.94. The lowest BCUT2D eigenvalue weighted by Crippen LogP contribution is -1.89. The van der Waals surface area contributed by atoms with Gasteiger partial charge in [0.2, 0.25) is 5.89 Å². The average molecular weight is 267 g/mol. The maximum atomic E-state index is 5.35. The zero-order chi connectivity index (χ0) is 13.9. The van der Waals surface area contributed by atoms with Crippen molar-refractivity contribution in [3.8, 4) is 28.5 Å². The molecule has 20 heavy (non-hydrogen) atoms. The third-order valence-corrected chi connectivity index (χ3v) is 2.93. The Morgan fingerprint density at radius 2 is 1.90 bits per heavy atom. The van der Waals surface area contributed by atoms with E-state index in [4.69, 9.17) is 9.15 Å². The van der Waals surface area contributed by atoms with Crippen LogP contribution in [0.1, 0.15) is 5.89 Å². The topological polar surface area (TPSA) is 61.0 Å². The lowest BCUT2D eigenvalue weighted by Gasteiger charge is -2.07. The molecule has 5 heteroatoms. The number of pyridine rings is 1. The fraction of sp³-hybridized carbons (Fsp3) is 0.133. The zero-order valence-corrected chi connectivity index (χ0v) is 11.2. The van der Waals surface area contributed by atoms with Crippen LogP contribution in [0.25, 0.3) is 22.7 Å². The first-order chi connectivity index (χ1) is 9.78. The van der Waals surface area contributed by atoms with Crippen molar-refractivity contribution >= 4 is 0 Å².